The third kappa shape index (κ3) is 10.6. The summed E-state index contributed by atoms with van der Waals surface area (Å²) in [5.74, 6) is 0.715. The van der Waals surface area contributed by atoms with Crippen LogP contribution in [0.3, 0.4) is 0 Å². The lowest BCUT2D eigenvalue weighted by Gasteiger charge is -2.38. The molecule has 0 saturated carbocycles. The Labute approximate surface area is 416 Å². The minimum Gasteiger partial charge on any atom is -0.366 e. The summed E-state index contributed by atoms with van der Waals surface area (Å²) in [5, 5.41) is 7.69. The number of carbonyl (C=O) groups excluding carboxylic acids is 8. The van der Waals surface area contributed by atoms with E-state index in [-0.39, 0.29) is 71.1 Å². The smallest absolute Gasteiger partial charge is 0.366 e. The number of rotatable bonds is 12. The molecule has 8 rings (SSSR count). The second kappa shape index (κ2) is 20.4. The van der Waals surface area contributed by atoms with E-state index in [0.717, 1.165) is 40.4 Å². The number of carbonyl (C=O) groups is 8. The van der Waals surface area contributed by atoms with Gasteiger partial charge >= 0.3 is 13.3 Å². The topological polar surface area (TPSA) is 249 Å². The Morgan fingerprint density at radius 1 is 0.958 bits per heavy atom. The molecule has 5 N–H and O–H groups in total. The Balaban J connectivity index is 0.957. The van der Waals surface area contributed by atoms with Crippen molar-refractivity contribution in [3.8, 4) is 11.8 Å². The van der Waals surface area contributed by atoms with Crippen molar-refractivity contribution in [3.05, 3.63) is 105 Å². The van der Waals surface area contributed by atoms with Gasteiger partial charge in [-0.2, -0.15) is 8.78 Å². The molecule has 22 heteroatoms. The molecule has 72 heavy (non-hydrogen) atoms. The molecule has 1 unspecified atom stereocenters. The van der Waals surface area contributed by atoms with Crippen LogP contribution in [0.1, 0.15) is 106 Å². The van der Waals surface area contributed by atoms with E-state index in [9.17, 15) is 61.5 Å². The van der Waals surface area contributed by atoms with Crippen LogP contribution in [0.5, 0.6) is 0 Å². The van der Waals surface area contributed by atoms with Gasteiger partial charge in [0.25, 0.3) is 17.7 Å². The average Bonchev–Trinajstić information content (AvgIpc) is 4.05. The molecule has 0 spiro atoms. The van der Waals surface area contributed by atoms with Crippen molar-refractivity contribution >= 4 is 76.3 Å². The molecule has 5 atom stereocenters. The lowest BCUT2D eigenvalue weighted by Crippen LogP contribution is -2.58. The van der Waals surface area contributed by atoms with Crippen LogP contribution in [0.15, 0.2) is 72.8 Å². The number of alkyl halides is 2. The molecule has 3 fully saturated rings. The number of thiophene rings is 1. The predicted molar refractivity (Wildman–Crippen MR) is 256 cm³/mol. The van der Waals surface area contributed by atoms with E-state index in [1.807, 2.05) is 30.3 Å². The SMILES string of the molecule is CC(C)(C)[C@H](NC(=O)c1cc2cc(C(F)(F)P(=O)(O)O)ccc2s1)C(=O)N1C[C@@H](OCC(=O)NCC#Cc2cccc3c2C(=O)N(C2CCC(=O)NC2=O)C3=O)C[C@H]1C(=O)N1CCC[C@H](c2ccccc2)C1. The van der Waals surface area contributed by atoms with E-state index in [2.05, 4.69) is 27.8 Å². The lowest BCUT2D eigenvalue weighted by molar-refractivity contribution is -0.147. The molecule has 4 aromatic rings. The van der Waals surface area contributed by atoms with Crippen LogP contribution in [-0.2, 0) is 38.9 Å². The third-order valence-corrected chi connectivity index (χ3v) is 15.3. The number of halogens is 2. The van der Waals surface area contributed by atoms with Crippen LogP contribution in [0.2, 0.25) is 0 Å². The maximum absolute atomic E-state index is 14.8. The average molecular weight is 1030 g/mol. The summed E-state index contributed by atoms with van der Waals surface area (Å²) in [4.78, 5) is 130. The molecule has 3 aromatic carbocycles. The number of imide groups is 2. The highest BCUT2D eigenvalue weighted by atomic mass is 32.1. The standard InChI is InChI=1S/C50H51F2N6O12PS/c1-49(2,3)42(55-44(62)38-23-31-22-32(16-18-37(31)72-38)50(51,52)71(67,68)69)48(66)57-26-33(24-36(57)46(64)56-21-9-14-30(25-56)28-10-5-4-6-11-28)70-27-40(60)53-20-8-13-29-12-7-15-34-41(29)47(65)58(45(34)63)35-17-19-39(59)54-43(35)61/h4-7,10-12,15-16,18,22-23,30,33,35-36,42H,9,14,17,19-21,24-27H2,1-3H3,(H,53,60)(H,55,62)(H,54,59,61)(H2,67,68,69)/t30-,33-,35?,36-,42+/m0/s1. The van der Waals surface area contributed by atoms with Gasteiger partial charge in [-0.05, 0) is 66.0 Å². The van der Waals surface area contributed by atoms with Gasteiger partial charge in [-0.3, -0.25) is 53.1 Å². The summed E-state index contributed by atoms with van der Waals surface area (Å²) < 4.78 is 47.1. The van der Waals surface area contributed by atoms with Crippen LogP contribution < -0.4 is 16.0 Å². The van der Waals surface area contributed by atoms with Gasteiger partial charge in [0.1, 0.15) is 24.7 Å². The highest BCUT2D eigenvalue weighted by Crippen LogP contribution is 2.59. The van der Waals surface area contributed by atoms with E-state index in [1.165, 1.54) is 35.2 Å². The third-order valence-electron chi connectivity index (χ3n) is 13.2. The molecule has 8 amide bonds. The van der Waals surface area contributed by atoms with E-state index in [4.69, 9.17) is 4.74 Å². The Morgan fingerprint density at radius 3 is 2.42 bits per heavy atom. The number of hydrogen-bond acceptors (Lipinski definition) is 11. The zero-order valence-electron chi connectivity index (χ0n) is 39.3. The monoisotopic (exact) mass is 1030 g/mol. The van der Waals surface area contributed by atoms with Gasteiger partial charge in [0.05, 0.1) is 28.7 Å². The van der Waals surface area contributed by atoms with Crippen molar-refractivity contribution in [1.29, 1.82) is 0 Å². The summed E-state index contributed by atoms with van der Waals surface area (Å²) in [6.45, 7) is 5.19. The van der Waals surface area contributed by atoms with Crippen molar-refractivity contribution in [2.24, 2.45) is 5.41 Å². The number of likely N-dealkylation sites (tertiary alicyclic amines) is 2. The first kappa shape index (κ1) is 51.7. The molecular formula is C50H51F2N6O12PS. The maximum Gasteiger partial charge on any atom is 0.399 e. The zero-order chi connectivity index (χ0) is 51.9. The molecule has 1 aromatic heterocycles. The minimum absolute atomic E-state index is 0.00122. The quantitative estimate of drug-likeness (QED) is 0.0760. The number of fused-ring (bicyclic) bond motifs is 2. The zero-order valence-corrected chi connectivity index (χ0v) is 41.0. The normalized spacial score (nSPS) is 21.0. The van der Waals surface area contributed by atoms with Crippen molar-refractivity contribution in [1.82, 2.24) is 30.7 Å². The number of ether oxygens (including phenoxy) is 1. The van der Waals surface area contributed by atoms with Gasteiger partial charge in [-0.25, -0.2) is 0 Å². The summed E-state index contributed by atoms with van der Waals surface area (Å²) >= 11 is 0.925. The number of nitrogens with one attached hydrogen (secondary N) is 3. The molecule has 4 aliphatic heterocycles. The van der Waals surface area contributed by atoms with E-state index in [0.29, 0.717) is 24.2 Å². The fourth-order valence-corrected chi connectivity index (χ4v) is 10.9. The predicted octanol–water partition coefficient (Wildman–Crippen LogP) is 4.23. The summed E-state index contributed by atoms with van der Waals surface area (Å²) in [7, 11) is -5.87. The Bertz CT molecular complexity index is 3000. The lowest BCUT2D eigenvalue weighted by atomic mass is 9.85. The van der Waals surface area contributed by atoms with Crippen molar-refractivity contribution < 1.29 is 66.2 Å². The van der Waals surface area contributed by atoms with Gasteiger partial charge in [0.15, 0.2) is 0 Å². The maximum atomic E-state index is 14.8. The highest BCUT2D eigenvalue weighted by Gasteiger charge is 2.51. The van der Waals surface area contributed by atoms with Gasteiger partial charge < -0.3 is 35.0 Å². The first-order valence-corrected chi connectivity index (χ1v) is 25.6. The fraction of sp³-hybridized carbons (Fsp3) is 0.400. The molecule has 378 valence electrons. The first-order valence-electron chi connectivity index (χ1n) is 23.2. The number of hydrogen-bond donors (Lipinski definition) is 5. The molecule has 0 radical (unpaired) electrons. The second-order valence-corrected chi connectivity index (χ2v) is 21.9. The van der Waals surface area contributed by atoms with Gasteiger partial charge in [0.2, 0.25) is 29.5 Å². The molecule has 3 saturated heterocycles. The van der Waals surface area contributed by atoms with Gasteiger partial charge in [-0.1, -0.05) is 75.1 Å². The molecule has 0 bridgehead atoms. The Morgan fingerprint density at radius 2 is 1.71 bits per heavy atom. The second-order valence-electron chi connectivity index (χ2n) is 19.2. The Kier molecular flexibility index (Phi) is 14.7. The molecule has 5 heterocycles. The van der Waals surface area contributed by atoms with Crippen molar-refractivity contribution in [2.45, 2.75) is 88.7 Å². The summed E-state index contributed by atoms with van der Waals surface area (Å²) in [6.07, 6.45) is 0.730. The number of piperidine rings is 2. The Hall–Kier alpha value is -6.69. The van der Waals surface area contributed by atoms with Crippen LogP contribution in [0.25, 0.3) is 10.1 Å². The number of amides is 8. The number of benzene rings is 3. The molecule has 0 aliphatic carbocycles. The molecular weight excluding hydrogens is 978 g/mol. The summed E-state index contributed by atoms with van der Waals surface area (Å²) in [6, 6.07) is 15.1. The van der Waals surface area contributed by atoms with E-state index >= 15 is 0 Å². The van der Waals surface area contributed by atoms with E-state index in [1.54, 1.807) is 25.7 Å². The highest BCUT2D eigenvalue weighted by molar-refractivity contribution is 7.52. The van der Waals surface area contributed by atoms with E-state index < -0.39 is 96.4 Å². The summed E-state index contributed by atoms with van der Waals surface area (Å²) in [5.41, 5.74) is -5.04. The van der Waals surface area contributed by atoms with Crippen LogP contribution >= 0.6 is 18.9 Å². The largest absolute Gasteiger partial charge is 0.399 e. The molecule has 4 aliphatic rings. The van der Waals surface area contributed by atoms with Crippen molar-refractivity contribution in [2.75, 3.05) is 32.8 Å². The van der Waals surface area contributed by atoms with Gasteiger partial charge in [-0.15, -0.1) is 11.3 Å². The van der Waals surface area contributed by atoms with Crippen LogP contribution in [-0.4, -0.2) is 129 Å². The fourth-order valence-electron chi connectivity index (χ4n) is 9.45. The van der Waals surface area contributed by atoms with Crippen LogP contribution in [0, 0.1) is 17.3 Å². The number of nitrogens with zero attached hydrogens (tertiary/aromatic N) is 3. The van der Waals surface area contributed by atoms with Gasteiger partial charge in [0, 0.05) is 54.2 Å². The van der Waals surface area contributed by atoms with Crippen LogP contribution in [0.4, 0.5) is 8.78 Å². The van der Waals surface area contributed by atoms with Crippen molar-refractivity contribution in [3.63, 3.8) is 0 Å². The first-order chi connectivity index (χ1) is 34.0. The minimum atomic E-state index is -5.87. The molecule has 18 nitrogen and oxygen atoms in total.